The zero-order chi connectivity index (χ0) is 13.4. The molecule has 5 nitrogen and oxygen atoms in total. The lowest BCUT2D eigenvalue weighted by molar-refractivity contribution is 0.0494. The maximum absolute atomic E-state index is 11.3. The van der Waals surface area contributed by atoms with Gasteiger partial charge in [0.1, 0.15) is 5.60 Å². The average molecular weight is 252 g/mol. The number of aromatic nitrogens is 1. The number of ether oxygens (including phenoxy) is 2. The topological polar surface area (TPSA) is 60.5 Å². The Labute approximate surface area is 108 Å². The Bertz CT molecular complexity index is 360. The summed E-state index contributed by atoms with van der Waals surface area (Å²) in [5.41, 5.74) is 0.587. The lowest BCUT2D eigenvalue weighted by Crippen LogP contribution is -2.34. The van der Waals surface area contributed by atoms with Crippen LogP contribution in [0.3, 0.4) is 0 Å². The van der Waals surface area contributed by atoms with Crippen LogP contribution in [0.25, 0.3) is 0 Å². The summed E-state index contributed by atoms with van der Waals surface area (Å²) in [7, 11) is 0. The van der Waals surface area contributed by atoms with Crippen molar-refractivity contribution in [3.05, 3.63) is 30.1 Å². The Morgan fingerprint density at radius 2 is 2.00 bits per heavy atom. The van der Waals surface area contributed by atoms with Crippen LogP contribution in [0, 0.1) is 0 Å². The zero-order valence-electron chi connectivity index (χ0n) is 11.1. The number of pyridine rings is 1. The van der Waals surface area contributed by atoms with E-state index in [0.29, 0.717) is 19.8 Å². The van der Waals surface area contributed by atoms with Gasteiger partial charge in [0.15, 0.2) is 0 Å². The van der Waals surface area contributed by atoms with Crippen LogP contribution >= 0.6 is 0 Å². The average Bonchev–Trinajstić information content (AvgIpc) is 2.27. The van der Waals surface area contributed by atoms with Gasteiger partial charge in [-0.15, -0.1) is 0 Å². The van der Waals surface area contributed by atoms with E-state index in [1.54, 1.807) is 12.4 Å². The zero-order valence-corrected chi connectivity index (χ0v) is 11.1. The van der Waals surface area contributed by atoms with Crippen LogP contribution in [-0.4, -0.2) is 29.8 Å². The van der Waals surface area contributed by atoms with Gasteiger partial charge in [-0.1, -0.05) is 0 Å². The molecular weight excluding hydrogens is 232 g/mol. The van der Waals surface area contributed by atoms with Gasteiger partial charge < -0.3 is 14.8 Å². The van der Waals surface area contributed by atoms with Crippen molar-refractivity contribution in [1.82, 2.24) is 10.3 Å². The molecule has 0 atom stereocenters. The second kappa shape index (κ2) is 6.96. The SMILES string of the molecule is CC(C)(C)OC(=O)NCCOCc1ccncc1. The number of carbonyl (C=O) groups excluding carboxylic acids is 1. The van der Waals surface area contributed by atoms with Gasteiger partial charge in [0, 0.05) is 18.9 Å². The molecule has 0 radical (unpaired) electrons. The highest BCUT2D eigenvalue weighted by molar-refractivity contribution is 5.67. The molecule has 1 N–H and O–H groups in total. The van der Waals surface area contributed by atoms with Gasteiger partial charge in [-0.2, -0.15) is 0 Å². The molecule has 0 bridgehead atoms. The molecule has 0 aliphatic rings. The van der Waals surface area contributed by atoms with Crippen molar-refractivity contribution in [2.75, 3.05) is 13.2 Å². The van der Waals surface area contributed by atoms with Crippen LogP contribution in [0.15, 0.2) is 24.5 Å². The molecule has 0 saturated carbocycles. The van der Waals surface area contributed by atoms with E-state index < -0.39 is 11.7 Å². The van der Waals surface area contributed by atoms with Crippen LogP contribution in [0.1, 0.15) is 26.3 Å². The van der Waals surface area contributed by atoms with Gasteiger partial charge in [-0.05, 0) is 38.5 Å². The summed E-state index contributed by atoms with van der Waals surface area (Å²) in [5, 5.41) is 2.63. The molecule has 0 aliphatic carbocycles. The second-order valence-corrected chi connectivity index (χ2v) is 4.84. The molecular formula is C13H20N2O3. The number of nitrogens with zero attached hydrogens (tertiary/aromatic N) is 1. The van der Waals surface area contributed by atoms with Crippen molar-refractivity contribution in [3.8, 4) is 0 Å². The Hall–Kier alpha value is -1.62. The number of hydrogen-bond acceptors (Lipinski definition) is 4. The summed E-state index contributed by atoms with van der Waals surface area (Å²) in [6.45, 7) is 6.87. The number of rotatable bonds is 5. The highest BCUT2D eigenvalue weighted by Gasteiger charge is 2.15. The first-order valence-corrected chi connectivity index (χ1v) is 5.91. The third kappa shape index (κ3) is 6.85. The highest BCUT2D eigenvalue weighted by atomic mass is 16.6. The monoisotopic (exact) mass is 252 g/mol. The van der Waals surface area contributed by atoms with Crippen LogP contribution in [0.4, 0.5) is 4.79 Å². The highest BCUT2D eigenvalue weighted by Crippen LogP contribution is 2.06. The predicted molar refractivity (Wildman–Crippen MR) is 68.1 cm³/mol. The molecule has 0 saturated heterocycles. The fraction of sp³-hybridized carbons (Fsp3) is 0.538. The van der Waals surface area contributed by atoms with Crippen molar-refractivity contribution in [2.24, 2.45) is 0 Å². The molecule has 0 fully saturated rings. The fourth-order valence-electron chi connectivity index (χ4n) is 1.21. The third-order valence-corrected chi connectivity index (χ3v) is 1.93. The number of amides is 1. The molecule has 1 amide bonds. The Morgan fingerprint density at radius 1 is 1.33 bits per heavy atom. The molecule has 5 heteroatoms. The largest absolute Gasteiger partial charge is 0.444 e. The smallest absolute Gasteiger partial charge is 0.407 e. The van der Waals surface area contributed by atoms with Gasteiger partial charge in [0.25, 0.3) is 0 Å². The minimum atomic E-state index is -0.470. The molecule has 1 aromatic heterocycles. The van der Waals surface area contributed by atoms with Crippen LogP contribution in [0.2, 0.25) is 0 Å². The van der Waals surface area contributed by atoms with Crippen molar-refractivity contribution < 1.29 is 14.3 Å². The summed E-state index contributed by atoms with van der Waals surface area (Å²) in [6, 6.07) is 3.78. The molecule has 1 heterocycles. The number of carbonyl (C=O) groups is 1. The summed E-state index contributed by atoms with van der Waals surface area (Å²) in [6.07, 6.45) is 3.02. The van der Waals surface area contributed by atoms with Gasteiger partial charge >= 0.3 is 6.09 Å². The Balaban J connectivity index is 2.07. The van der Waals surface area contributed by atoms with Gasteiger partial charge in [-0.25, -0.2) is 4.79 Å². The molecule has 0 aromatic carbocycles. The lowest BCUT2D eigenvalue weighted by Gasteiger charge is -2.19. The van der Waals surface area contributed by atoms with Crippen LogP contribution in [-0.2, 0) is 16.1 Å². The van der Waals surface area contributed by atoms with Crippen molar-refractivity contribution in [2.45, 2.75) is 33.0 Å². The first-order chi connectivity index (χ1) is 8.47. The van der Waals surface area contributed by atoms with E-state index in [1.165, 1.54) is 0 Å². The Morgan fingerprint density at radius 3 is 2.61 bits per heavy atom. The summed E-state index contributed by atoms with van der Waals surface area (Å²) in [5.74, 6) is 0. The van der Waals surface area contributed by atoms with E-state index in [4.69, 9.17) is 9.47 Å². The molecule has 1 rings (SSSR count). The molecule has 1 aromatic rings. The normalized spacial score (nSPS) is 11.1. The van der Waals surface area contributed by atoms with Crippen molar-refractivity contribution >= 4 is 6.09 Å². The minimum absolute atomic E-state index is 0.421. The van der Waals surface area contributed by atoms with E-state index >= 15 is 0 Å². The molecule has 18 heavy (non-hydrogen) atoms. The predicted octanol–water partition coefficient (Wildman–Crippen LogP) is 2.12. The van der Waals surface area contributed by atoms with Gasteiger partial charge in [0.05, 0.1) is 13.2 Å². The van der Waals surface area contributed by atoms with Crippen molar-refractivity contribution in [1.29, 1.82) is 0 Å². The van der Waals surface area contributed by atoms with Crippen LogP contribution < -0.4 is 5.32 Å². The number of alkyl carbamates (subject to hydrolysis) is 1. The number of hydrogen-bond donors (Lipinski definition) is 1. The summed E-state index contributed by atoms with van der Waals surface area (Å²) >= 11 is 0. The standard InChI is InChI=1S/C13H20N2O3/c1-13(2,3)18-12(16)15-8-9-17-10-11-4-6-14-7-5-11/h4-7H,8-10H2,1-3H3,(H,15,16). The quantitative estimate of drug-likeness (QED) is 0.815. The fourth-order valence-corrected chi connectivity index (χ4v) is 1.21. The molecule has 0 unspecified atom stereocenters. The first kappa shape index (κ1) is 14.4. The molecule has 0 aliphatic heterocycles. The van der Waals surface area contributed by atoms with E-state index in [1.807, 2.05) is 32.9 Å². The van der Waals surface area contributed by atoms with Crippen LogP contribution in [0.5, 0.6) is 0 Å². The minimum Gasteiger partial charge on any atom is -0.444 e. The molecule has 100 valence electrons. The molecule has 0 spiro atoms. The summed E-state index contributed by atoms with van der Waals surface area (Å²) < 4.78 is 10.5. The second-order valence-electron chi connectivity index (χ2n) is 4.84. The number of nitrogens with one attached hydrogen (secondary N) is 1. The Kier molecular flexibility index (Phi) is 5.58. The maximum atomic E-state index is 11.3. The maximum Gasteiger partial charge on any atom is 0.407 e. The van der Waals surface area contributed by atoms with E-state index in [-0.39, 0.29) is 0 Å². The third-order valence-electron chi connectivity index (χ3n) is 1.93. The van der Waals surface area contributed by atoms with E-state index in [9.17, 15) is 4.79 Å². The first-order valence-electron chi connectivity index (χ1n) is 5.91. The van der Waals surface area contributed by atoms with Gasteiger partial charge in [-0.3, -0.25) is 4.98 Å². The van der Waals surface area contributed by atoms with Gasteiger partial charge in [0.2, 0.25) is 0 Å². The van der Waals surface area contributed by atoms with Crippen molar-refractivity contribution in [3.63, 3.8) is 0 Å². The lowest BCUT2D eigenvalue weighted by atomic mass is 10.2. The van der Waals surface area contributed by atoms with E-state index in [0.717, 1.165) is 5.56 Å². The summed E-state index contributed by atoms with van der Waals surface area (Å²) in [4.78, 5) is 15.2. The van der Waals surface area contributed by atoms with E-state index in [2.05, 4.69) is 10.3 Å².